The maximum absolute atomic E-state index is 12.0. The first kappa shape index (κ1) is 25.6. The van der Waals surface area contributed by atoms with Crippen LogP contribution in [-0.2, 0) is 9.53 Å². The molecule has 0 bridgehead atoms. The summed E-state index contributed by atoms with van der Waals surface area (Å²) in [5, 5.41) is 9.14. The van der Waals surface area contributed by atoms with Crippen LogP contribution in [-0.4, -0.2) is 49.7 Å². The molecule has 27 heavy (non-hydrogen) atoms. The number of halogens is 1. The van der Waals surface area contributed by atoms with Crippen molar-refractivity contribution in [1.82, 2.24) is 15.6 Å². The summed E-state index contributed by atoms with van der Waals surface area (Å²) in [5.41, 5.74) is 1.06. The molecule has 0 saturated heterocycles. The van der Waals surface area contributed by atoms with Gasteiger partial charge in [0.05, 0.1) is 0 Å². The van der Waals surface area contributed by atoms with Gasteiger partial charge in [-0.05, 0) is 38.3 Å². The standard InChI is InChI=1S/C19H33N5O2.HI/c1-4-6-13-26-14-7-11-21-19(20-5-2)22-12-10-18(25)24-17-9-8-16(3)15-23-17;/h8-9,15H,4-7,10-14H2,1-3H3,(H2,20,21,22)(H,23,24,25);1H. The van der Waals surface area contributed by atoms with Crippen LogP contribution >= 0.6 is 24.0 Å². The van der Waals surface area contributed by atoms with Gasteiger partial charge in [-0.25, -0.2) is 4.98 Å². The number of guanidine groups is 1. The lowest BCUT2D eigenvalue weighted by Gasteiger charge is -2.11. The van der Waals surface area contributed by atoms with Crippen molar-refractivity contribution >= 4 is 41.7 Å². The molecule has 0 unspecified atom stereocenters. The van der Waals surface area contributed by atoms with E-state index in [-0.39, 0.29) is 29.9 Å². The fourth-order valence-electron chi connectivity index (χ4n) is 2.09. The zero-order valence-electron chi connectivity index (χ0n) is 16.7. The van der Waals surface area contributed by atoms with Crippen LogP contribution in [0, 0.1) is 6.92 Å². The minimum Gasteiger partial charge on any atom is -0.381 e. The molecule has 3 N–H and O–H groups in total. The van der Waals surface area contributed by atoms with Gasteiger partial charge in [0.1, 0.15) is 5.82 Å². The smallest absolute Gasteiger partial charge is 0.227 e. The summed E-state index contributed by atoms with van der Waals surface area (Å²) in [6.07, 6.45) is 5.23. The first-order valence-corrected chi connectivity index (χ1v) is 9.48. The number of pyridine rings is 1. The third kappa shape index (κ3) is 13.4. The number of rotatable bonds is 12. The molecule has 0 aromatic carbocycles. The van der Waals surface area contributed by atoms with E-state index in [9.17, 15) is 4.79 Å². The summed E-state index contributed by atoms with van der Waals surface area (Å²) < 4.78 is 5.52. The average molecular weight is 491 g/mol. The van der Waals surface area contributed by atoms with Crippen molar-refractivity contribution < 1.29 is 9.53 Å². The Hall–Kier alpha value is -1.42. The Morgan fingerprint density at radius 3 is 2.63 bits per heavy atom. The highest BCUT2D eigenvalue weighted by atomic mass is 127. The van der Waals surface area contributed by atoms with Gasteiger partial charge in [-0.2, -0.15) is 0 Å². The lowest BCUT2D eigenvalue weighted by molar-refractivity contribution is -0.116. The number of nitrogens with one attached hydrogen (secondary N) is 3. The first-order chi connectivity index (χ1) is 12.7. The SMILES string of the molecule is CCCCOCCCN=C(NCC)NCCC(=O)Nc1ccc(C)cn1.I. The van der Waals surface area contributed by atoms with Crippen LogP contribution in [0.3, 0.4) is 0 Å². The van der Waals surface area contributed by atoms with Crippen LogP contribution < -0.4 is 16.0 Å². The predicted octanol–water partition coefficient (Wildman–Crippen LogP) is 3.10. The second-order valence-electron chi connectivity index (χ2n) is 6.03. The van der Waals surface area contributed by atoms with Crippen molar-refractivity contribution in [2.45, 2.75) is 46.5 Å². The van der Waals surface area contributed by atoms with Crippen molar-refractivity contribution in [2.75, 3.05) is 38.2 Å². The molecule has 0 aliphatic rings. The third-order valence-electron chi connectivity index (χ3n) is 3.53. The molecule has 0 fully saturated rings. The molecular weight excluding hydrogens is 457 g/mol. The van der Waals surface area contributed by atoms with E-state index in [0.717, 1.165) is 50.5 Å². The molecular formula is C19H34IN5O2. The van der Waals surface area contributed by atoms with Crippen LogP contribution in [0.25, 0.3) is 0 Å². The van der Waals surface area contributed by atoms with Crippen molar-refractivity contribution in [2.24, 2.45) is 4.99 Å². The Bertz CT molecular complexity index is 537. The van der Waals surface area contributed by atoms with Crippen molar-refractivity contribution in [3.05, 3.63) is 23.9 Å². The van der Waals surface area contributed by atoms with E-state index in [4.69, 9.17) is 4.74 Å². The second kappa shape index (κ2) is 16.7. The van der Waals surface area contributed by atoms with E-state index in [2.05, 4.69) is 32.9 Å². The van der Waals surface area contributed by atoms with Crippen LogP contribution in [0.2, 0.25) is 0 Å². The molecule has 1 heterocycles. The first-order valence-electron chi connectivity index (χ1n) is 9.48. The number of nitrogens with zero attached hydrogens (tertiary/aromatic N) is 2. The fraction of sp³-hybridized carbons (Fsp3) is 0.632. The number of aryl methyl sites for hydroxylation is 1. The van der Waals surface area contributed by atoms with Gasteiger partial charge in [0.25, 0.3) is 0 Å². The molecule has 1 aromatic rings. The lowest BCUT2D eigenvalue weighted by atomic mass is 10.3. The summed E-state index contributed by atoms with van der Waals surface area (Å²) in [5.74, 6) is 1.22. The molecule has 0 saturated carbocycles. The fourth-order valence-corrected chi connectivity index (χ4v) is 2.09. The van der Waals surface area contributed by atoms with E-state index in [1.165, 1.54) is 0 Å². The Kier molecular flexibility index (Phi) is 15.9. The molecule has 7 nitrogen and oxygen atoms in total. The molecule has 154 valence electrons. The number of ether oxygens (including phenoxy) is 1. The van der Waals surface area contributed by atoms with E-state index in [0.29, 0.717) is 25.3 Å². The van der Waals surface area contributed by atoms with Crippen LogP contribution in [0.5, 0.6) is 0 Å². The maximum atomic E-state index is 12.0. The highest BCUT2D eigenvalue weighted by molar-refractivity contribution is 14.0. The summed E-state index contributed by atoms with van der Waals surface area (Å²) in [7, 11) is 0. The van der Waals surface area contributed by atoms with Crippen LogP contribution in [0.15, 0.2) is 23.3 Å². The van der Waals surface area contributed by atoms with Gasteiger partial charge < -0.3 is 20.7 Å². The molecule has 1 aromatic heterocycles. The van der Waals surface area contributed by atoms with E-state index in [1.807, 2.05) is 19.9 Å². The Morgan fingerprint density at radius 2 is 1.96 bits per heavy atom. The molecule has 0 aliphatic carbocycles. The number of aromatic nitrogens is 1. The van der Waals surface area contributed by atoms with Gasteiger partial charge in [-0.3, -0.25) is 9.79 Å². The summed E-state index contributed by atoms with van der Waals surface area (Å²) in [4.78, 5) is 20.6. The highest BCUT2D eigenvalue weighted by Gasteiger charge is 2.04. The molecule has 0 spiro atoms. The Labute approximate surface area is 180 Å². The van der Waals surface area contributed by atoms with Gasteiger partial charge in [0.2, 0.25) is 5.91 Å². The monoisotopic (exact) mass is 491 g/mol. The number of hydrogen-bond donors (Lipinski definition) is 3. The van der Waals surface area contributed by atoms with Crippen LogP contribution in [0.4, 0.5) is 5.82 Å². The molecule has 0 aliphatic heterocycles. The molecule has 0 atom stereocenters. The molecule has 1 amide bonds. The van der Waals surface area contributed by atoms with E-state index >= 15 is 0 Å². The van der Waals surface area contributed by atoms with Crippen molar-refractivity contribution in [1.29, 1.82) is 0 Å². The van der Waals surface area contributed by atoms with Gasteiger partial charge in [0.15, 0.2) is 5.96 Å². The predicted molar refractivity (Wildman–Crippen MR) is 122 cm³/mol. The number of aliphatic imine (C=N–C) groups is 1. The Morgan fingerprint density at radius 1 is 1.19 bits per heavy atom. The minimum atomic E-state index is -0.0750. The largest absolute Gasteiger partial charge is 0.381 e. The van der Waals surface area contributed by atoms with Crippen LogP contribution in [0.1, 0.15) is 45.1 Å². The maximum Gasteiger partial charge on any atom is 0.227 e. The molecule has 1 rings (SSSR count). The van der Waals surface area contributed by atoms with E-state index in [1.54, 1.807) is 12.3 Å². The summed E-state index contributed by atoms with van der Waals surface area (Å²) in [6, 6.07) is 3.72. The molecule has 8 heteroatoms. The van der Waals surface area contributed by atoms with Gasteiger partial charge in [-0.15, -0.1) is 24.0 Å². The minimum absolute atomic E-state index is 0. The number of anilines is 1. The number of hydrogen-bond acceptors (Lipinski definition) is 4. The van der Waals surface area contributed by atoms with Gasteiger partial charge in [0, 0.05) is 45.5 Å². The quantitative estimate of drug-likeness (QED) is 0.181. The summed E-state index contributed by atoms with van der Waals surface area (Å²) in [6.45, 7) is 9.66. The van der Waals surface area contributed by atoms with E-state index < -0.39 is 0 Å². The zero-order valence-corrected chi connectivity index (χ0v) is 19.0. The molecule has 0 radical (unpaired) electrons. The topological polar surface area (TPSA) is 87.6 Å². The van der Waals surface area contributed by atoms with Crippen molar-refractivity contribution in [3.63, 3.8) is 0 Å². The van der Waals surface area contributed by atoms with Gasteiger partial charge in [-0.1, -0.05) is 19.4 Å². The zero-order chi connectivity index (χ0) is 19.0. The van der Waals surface area contributed by atoms with Crippen molar-refractivity contribution in [3.8, 4) is 0 Å². The average Bonchev–Trinajstić information content (AvgIpc) is 2.63. The number of unbranched alkanes of at least 4 members (excludes halogenated alkanes) is 1. The lowest BCUT2D eigenvalue weighted by Crippen LogP contribution is -2.38. The second-order valence-corrected chi connectivity index (χ2v) is 6.03. The number of carbonyl (C=O) groups is 1. The third-order valence-corrected chi connectivity index (χ3v) is 3.53. The van der Waals surface area contributed by atoms with Gasteiger partial charge >= 0.3 is 0 Å². The number of carbonyl (C=O) groups excluding carboxylic acids is 1. The summed E-state index contributed by atoms with van der Waals surface area (Å²) >= 11 is 0. The normalized spacial score (nSPS) is 10.9. The number of amides is 1. The Balaban J connectivity index is 0.00000676. The highest BCUT2D eigenvalue weighted by Crippen LogP contribution is 2.03.